The molecule has 7 heteroatoms. The fraction of sp³-hybridized carbons (Fsp3) is 0.0435. The number of nitrogen functional groups attached to an aromatic ring is 1. The number of carbonyl (C=O) groups is 1. The summed E-state index contributed by atoms with van der Waals surface area (Å²) in [6, 6.07) is 21.6. The number of nitrogens with zero attached hydrogens (tertiary/aromatic N) is 1. The molecule has 3 N–H and O–H groups in total. The summed E-state index contributed by atoms with van der Waals surface area (Å²) in [7, 11) is 0. The third-order valence-electron chi connectivity index (χ3n) is 4.50. The van der Waals surface area contributed by atoms with Gasteiger partial charge in [0.1, 0.15) is 12.4 Å². The standard InChI is InChI=1S/C23H18ClN3O2.ClH/c24-16-5-8-18(9-6-16)29-14-15-3-1-2-4-19(15)23(28)27-17-7-10-22-20(13-17)21(25)11-12-26-22;/h1-13H,14H2,(H2,25,26)(H,27,28);1H. The van der Waals surface area contributed by atoms with E-state index >= 15 is 0 Å². The number of benzene rings is 3. The minimum atomic E-state index is -0.220. The summed E-state index contributed by atoms with van der Waals surface area (Å²) >= 11 is 5.90. The molecule has 0 aliphatic rings. The Morgan fingerprint density at radius 3 is 2.60 bits per heavy atom. The van der Waals surface area contributed by atoms with E-state index in [0.717, 1.165) is 16.5 Å². The zero-order valence-electron chi connectivity index (χ0n) is 15.8. The van der Waals surface area contributed by atoms with Crippen LogP contribution in [0.4, 0.5) is 11.4 Å². The van der Waals surface area contributed by atoms with E-state index in [9.17, 15) is 4.79 Å². The Morgan fingerprint density at radius 2 is 1.80 bits per heavy atom. The highest BCUT2D eigenvalue weighted by Gasteiger charge is 2.12. The van der Waals surface area contributed by atoms with Crippen LogP contribution in [-0.2, 0) is 6.61 Å². The van der Waals surface area contributed by atoms with E-state index in [0.29, 0.717) is 27.7 Å². The molecule has 0 aliphatic carbocycles. The van der Waals surface area contributed by atoms with Crippen molar-refractivity contribution < 1.29 is 9.53 Å². The van der Waals surface area contributed by atoms with Crippen LogP contribution < -0.4 is 15.8 Å². The van der Waals surface area contributed by atoms with E-state index < -0.39 is 0 Å². The number of anilines is 2. The Labute approximate surface area is 185 Å². The van der Waals surface area contributed by atoms with Crippen molar-refractivity contribution in [1.29, 1.82) is 0 Å². The van der Waals surface area contributed by atoms with Gasteiger partial charge in [0, 0.05) is 39.1 Å². The number of halogens is 2. The van der Waals surface area contributed by atoms with Crippen molar-refractivity contribution in [1.82, 2.24) is 4.98 Å². The monoisotopic (exact) mass is 439 g/mol. The molecule has 1 aromatic heterocycles. The molecule has 0 unspecified atom stereocenters. The number of ether oxygens (including phenoxy) is 1. The van der Waals surface area contributed by atoms with Crippen LogP contribution in [0.1, 0.15) is 15.9 Å². The minimum Gasteiger partial charge on any atom is -0.489 e. The molecule has 0 radical (unpaired) electrons. The van der Waals surface area contributed by atoms with Crippen LogP contribution in [0.15, 0.2) is 79.0 Å². The number of hydrogen-bond acceptors (Lipinski definition) is 4. The number of amides is 1. The topological polar surface area (TPSA) is 77.2 Å². The summed E-state index contributed by atoms with van der Waals surface area (Å²) in [6.07, 6.45) is 1.66. The SMILES string of the molecule is Cl.Nc1ccnc2ccc(NC(=O)c3ccccc3COc3ccc(Cl)cc3)cc12. The second kappa shape index (κ2) is 9.48. The number of fused-ring (bicyclic) bond motifs is 1. The van der Waals surface area contributed by atoms with Gasteiger partial charge in [-0.2, -0.15) is 0 Å². The van der Waals surface area contributed by atoms with Crippen molar-refractivity contribution in [2.45, 2.75) is 6.61 Å². The van der Waals surface area contributed by atoms with Gasteiger partial charge >= 0.3 is 0 Å². The van der Waals surface area contributed by atoms with Crippen LogP contribution in [0.2, 0.25) is 5.02 Å². The molecule has 4 aromatic rings. The summed E-state index contributed by atoms with van der Waals surface area (Å²) in [5, 5.41) is 4.37. The Morgan fingerprint density at radius 1 is 1.03 bits per heavy atom. The average Bonchev–Trinajstić information content (AvgIpc) is 2.74. The maximum absolute atomic E-state index is 12.9. The van der Waals surface area contributed by atoms with E-state index in [1.54, 1.807) is 48.7 Å². The van der Waals surface area contributed by atoms with Gasteiger partial charge < -0.3 is 15.8 Å². The van der Waals surface area contributed by atoms with Crippen LogP contribution in [0.25, 0.3) is 10.9 Å². The maximum Gasteiger partial charge on any atom is 0.256 e. The second-order valence-electron chi connectivity index (χ2n) is 6.49. The van der Waals surface area contributed by atoms with Crippen molar-refractivity contribution in [3.63, 3.8) is 0 Å². The summed E-state index contributed by atoms with van der Waals surface area (Å²) in [4.78, 5) is 17.2. The van der Waals surface area contributed by atoms with Crippen molar-refractivity contribution in [2.75, 3.05) is 11.1 Å². The Kier molecular flexibility index (Phi) is 6.77. The molecule has 3 aromatic carbocycles. The molecule has 0 aliphatic heterocycles. The molecule has 0 saturated heterocycles. The van der Waals surface area contributed by atoms with Crippen LogP contribution in [0.5, 0.6) is 5.75 Å². The van der Waals surface area contributed by atoms with Crippen molar-refractivity contribution in [3.05, 3.63) is 95.1 Å². The maximum atomic E-state index is 12.9. The van der Waals surface area contributed by atoms with Crippen molar-refractivity contribution in [3.8, 4) is 5.75 Å². The van der Waals surface area contributed by atoms with Gasteiger partial charge in [0.15, 0.2) is 0 Å². The molecule has 5 nitrogen and oxygen atoms in total. The first-order chi connectivity index (χ1) is 14.1. The molecular formula is C23H19Cl2N3O2. The molecule has 0 fully saturated rings. The molecule has 152 valence electrons. The predicted molar refractivity (Wildman–Crippen MR) is 124 cm³/mol. The second-order valence-corrected chi connectivity index (χ2v) is 6.92. The highest BCUT2D eigenvalue weighted by molar-refractivity contribution is 6.30. The van der Waals surface area contributed by atoms with Gasteiger partial charge in [0.05, 0.1) is 5.52 Å². The van der Waals surface area contributed by atoms with Crippen LogP contribution >= 0.6 is 24.0 Å². The number of hydrogen-bond donors (Lipinski definition) is 2. The van der Waals surface area contributed by atoms with Crippen LogP contribution in [0.3, 0.4) is 0 Å². The lowest BCUT2D eigenvalue weighted by atomic mass is 10.1. The molecule has 30 heavy (non-hydrogen) atoms. The van der Waals surface area contributed by atoms with Gasteiger partial charge in [-0.05, 0) is 54.6 Å². The van der Waals surface area contributed by atoms with E-state index in [1.807, 2.05) is 30.3 Å². The van der Waals surface area contributed by atoms with Gasteiger partial charge in [-0.1, -0.05) is 29.8 Å². The first-order valence-corrected chi connectivity index (χ1v) is 9.40. The molecule has 0 atom stereocenters. The van der Waals surface area contributed by atoms with E-state index in [2.05, 4.69) is 10.3 Å². The molecule has 0 bridgehead atoms. The number of rotatable bonds is 5. The molecular weight excluding hydrogens is 421 g/mol. The lowest BCUT2D eigenvalue weighted by Gasteiger charge is -2.12. The Balaban J connectivity index is 0.00000256. The van der Waals surface area contributed by atoms with Gasteiger partial charge in [0.2, 0.25) is 0 Å². The number of pyridine rings is 1. The van der Waals surface area contributed by atoms with Gasteiger partial charge in [0.25, 0.3) is 5.91 Å². The molecule has 0 saturated carbocycles. The van der Waals surface area contributed by atoms with Gasteiger partial charge in [-0.15, -0.1) is 12.4 Å². The van der Waals surface area contributed by atoms with E-state index in [-0.39, 0.29) is 24.9 Å². The zero-order valence-corrected chi connectivity index (χ0v) is 17.4. The minimum absolute atomic E-state index is 0. The molecule has 0 spiro atoms. The fourth-order valence-electron chi connectivity index (χ4n) is 3.00. The molecule has 1 amide bonds. The summed E-state index contributed by atoms with van der Waals surface area (Å²) in [5.74, 6) is 0.462. The number of nitrogens with one attached hydrogen (secondary N) is 1. The number of carbonyl (C=O) groups excluding carboxylic acids is 1. The first kappa shape index (κ1) is 21.4. The average molecular weight is 440 g/mol. The lowest BCUT2D eigenvalue weighted by molar-refractivity contribution is 0.102. The van der Waals surface area contributed by atoms with E-state index in [4.69, 9.17) is 22.1 Å². The fourth-order valence-corrected chi connectivity index (χ4v) is 3.13. The third-order valence-corrected chi connectivity index (χ3v) is 4.76. The smallest absolute Gasteiger partial charge is 0.256 e. The number of aromatic nitrogens is 1. The van der Waals surface area contributed by atoms with E-state index in [1.165, 1.54) is 0 Å². The van der Waals surface area contributed by atoms with Crippen molar-refractivity contribution in [2.24, 2.45) is 0 Å². The van der Waals surface area contributed by atoms with Crippen LogP contribution in [-0.4, -0.2) is 10.9 Å². The van der Waals surface area contributed by atoms with Crippen LogP contribution in [0, 0.1) is 0 Å². The summed E-state index contributed by atoms with van der Waals surface area (Å²) < 4.78 is 5.80. The van der Waals surface area contributed by atoms with Gasteiger partial charge in [-0.25, -0.2) is 0 Å². The zero-order chi connectivity index (χ0) is 20.2. The van der Waals surface area contributed by atoms with Crippen molar-refractivity contribution >= 4 is 52.2 Å². The lowest BCUT2D eigenvalue weighted by Crippen LogP contribution is -2.15. The summed E-state index contributed by atoms with van der Waals surface area (Å²) in [6.45, 7) is 0.264. The van der Waals surface area contributed by atoms with Gasteiger partial charge in [-0.3, -0.25) is 9.78 Å². The highest BCUT2D eigenvalue weighted by Crippen LogP contribution is 2.24. The Bertz CT molecular complexity index is 1180. The molecule has 1 heterocycles. The third kappa shape index (κ3) is 4.82. The summed E-state index contributed by atoms with van der Waals surface area (Å²) in [5.41, 5.74) is 9.38. The predicted octanol–water partition coefficient (Wildman–Crippen LogP) is 5.72. The first-order valence-electron chi connectivity index (χ1n) is 9.02. The largest absolute Gasteiger partial charge is 0.489 e. The highest BCUT2D eigenvalue weighted by atomic mass is 35.5. The normalized spacial score (nSPS) is 10.3. The quantitative estimate of drug-likeness (QED) is 0.416. The molecule has 4 rings (SSSR count). The Hall–Kier alpha value is -3.28. The number of nitrogens with two attached hydrogens (primary N) is 1.